The van der Waals surface area contributed by atoms with Crippen LogP contribution in [0.4, 0.5) is 5.69 Å². The molecule has 0 aliphatic rings. The fourth-order valence-electron chi connectivity index (χ4n) is 1.89. The van der Waals surface area contributed by atoms with Crippen LogP contribution in [0.25, 0.3) is 0 Å². The van der Waals surface area contributed by atoms with E-state index in [0.717, 1.165) is 18.0 Å². The molecule has 0 saturated heterocycles. The molecule has 1 aromatic rings. The maximum Gasteiger partial charge on any atom is 0.171 e. The number of thiocarbonyl (C=S) groups is 1. The zero-order valence-electron chi connectivity index (χ0n) is 12.2. The number of rotatable bonds is 6. The molecule has 0 aliphatic heterocycles. The van der Waals surface area contributed by atoms with E-state index < -0.39 is 0 Å². The Bertz CT molecular complexity index is 449. The van der Waals surface area contributed by atoms with E-state index in [1.807, 2.05) is 12.1 Å². The predicted octanol–water partition coefficient (Wildman–Crippen LogP) is 5.49. The molecule has 0 bridgehead atoms. The molecule has 20 heavy (non-hydrogen) atoms. The van der Waals surface area contributed by atoms with Crippen molar-refractivity contribution in [2.45, 2.75) is 46.1 Å². The van der Waals surface area contributed by atoms with Crippen molar-refractivity contribution in [1.82, 2.24) is 5.32 Å². The van der Waals surface area contributed by atoms with Crippen LogP contribution in [-0.2, 0) is 0 Å². The van der Waals surface area contributed by atoms with Crippen molar-refractivity contribution in [3.8, 4) is 0 Å². The third kappa shape index (κ3) is 6.29. The smallest absolute Gasteiger partial charge is 0.171 e. The lowest BCUT2D eigenvalue weighted by Gasteiger charge is -2.18. The Hall–Kier alpha value is -0.510. The van der Waals surface area contributed by atoms with Crippen molar-refractivity contribution < 1.29 is 0 Å². The standard InChI is InChI=1S/C15H22Cl2N2S/c1-10(2)6-4-7-11(3)18-15(20)19-13-9-5-8-12(16)14(13)17/h5,8-11H,4,6-7H2,1-3H3,(H2,18,19,20). The SMILES string of the molecule is CC(C)CCCC(C)NC(=S)Nc1cccc(Cl)c1Cl. The normalized spacial score (nSPS) is 12.3. The van der Waals surface area contributed by atoms with Crippen LogP contribution in [0.1, 0.15) is 40.0 Å². The molecule has 0 spiro atoms. The molecule has 1 unspecified atom stereocenters. The van der Waals surface area contributed by atoms with Crippen LogP contribution in [0.5, 0.6) is 0 Å². The first-order valence-electron chi connectivity index (χ1n) is 6.91. The zero-order valence-corrected chi connectivity index (χ0v) is 14.5. The van der Waals surface area contributed by atoms with Crippen LogP contribution in [0.15, 0.2) is 18.2 Å². The monoisotopic (exact) mass is 332 g/mol. The van der Waals surface area contributed by atoms with Crippen LogP contribution < -0.4 is 10.6 Å². The molecule has 5 heteroatoms. The molecular formula is C15H22Cl2N2S. The molecule has 1 atom stereocenters. The van der Waals surface area contributed by atoms with E-state index in [4.69, 9.17) is 35.4 Å². The van der Waals surface area contributed by atoms with Gasteiger partial charge in [-0.05, 0) is 43.6 Å². The third-order valence-electron chi connectivity index (χ3n) is 3.00. The molecule has 2 nitrogen and oxygen atoms in total. The lowest BCUT2D eigenvalue weighted by atomic mass is 10.0. The van der Waals surface area contributed by atoms with Gasteiger partial charge in [0.2, 0.25) is 0 Å². The molecule has 0 aromatic heterocycles. The molecule has 0 radical (unpaired) electrons. The molecule has 0 saturated carbocycles. The Kier molecular flexibility index (Phi) is 7.63. The highest BCUT2D eigenvalue weighted by Crippen LogP contribution is 2.29. The summed E-state index contributed by atoms with van der Waals surface area (Å²) in [6.45, 7) is 6.62. The van der Waals surface area contributed by atoms with Crippen LogP contribution in [0.2, 0.25) is 10.0 Å². The second kappa shape index (κ2) is 8.71. The minimum Gasteiger partial charge on any atom is -0.360 e. The molecule has 0 fully saturated rings. The van der Waals surface area contributed by atoms with Gasteiger partial charge in [-0.25, -0.2) is 0 Å². The summed E-state index contributed by atoms with van der Waals surface area (Å²) in [6.07, 6.45) is 3.54. The van der Waals surface area contributed by atoms with E-state index in [1.165, 1.54) is 12.8 Å². The molecule has 0 aliphatic carbocycles. The Morgan fingerprint density at radius 2 is 1.90 bits per heavy atom. The van der Waals surface area contributed by atoms with E-state index in [-0.39, 0.29) is 0 Å². The molecular weight excluding hydrogens is 311 g/mol. The summed E-state index contributed by atoms with van der Waals surface area (Å²) in [7, 11) is 0. The largest absolute Gasteiger partial charge is 0.360 e. The average Bonchev–Trinajstić information content (AvgIpc) is 2.34. The van der Waals surface area contributed by atoms with Gasteiger partial charge in [-0.15, -0.1) is 0 Å². The van der Waals surface area contributed by atoms with Gasteiger partial charge < -0.3 is 10.6 Å². The van der Waals surface area contributed by atoms with Gasteiger partial charge in [0, 0.05) is 6.04 Å². The highest BCUT2D eigenvalue weighted by atomic mass is 35.5. The van der Waals surface area contributed by atoms with Gasteiger partial charge in [-0.2, -0.15) is 0 Å². The van der Waals surface area contributed by atoms with Gasteiger partial charge >= 0.3 is 0 Å². The quantitative estimate of drug-likeness (QED) is 0.673. The molecule has 2 N–H and O–H groups in total. The Morgan fingerprint density at radius 1 is 1.20 bits per heavy atom. The van der Waals surface area contributed by atoms with E-state index >= 15 is 0 Å². The van der Waals surface area contributed by atoms with Gasteiger partial charge in [-0.3, -0.25) is 0 Å². The Labute approximate surface area is 137 Å². The molecule has 0 heterocycles. The van der Waals surface area contributed by atoms with Crippen molar-refractivity contribution in [1.29, 1.82) is 0 Å². The fraction of sp³-hybridized carbons (Fsp3) is 0.533. The lowest BCUT2D eigenvalue weighted by molar-refractivity contribution is 0.495. The van der Waals surface area contributed by atoms with Crippen molar-refractivity contribution in [2.24, 2.45) is 5.92 Å². The second-order valence-corrected chi connectivity index (χ2v) is 6.62. The number of anilines is 1. The number of benzene rings is 1. The third-order valence-corrected chi connectivity index (χ3v) is 4.03. The number of hydrogen-bond acceptors (Lipinski definition) is 1. The summed E-state index contributed by atoms with van der Waals surface area (Å²) in [6, 6.07) is 5.78. The Morgan fingerprint density at radius 3 is 2.55 bits per heavy atom. The van der Waals surface area contributed by atoms with E-state index in [9.17, 15) is 0 Å². The molecule has 1 rings (SSSR count). The Balaban J connectivity index is 2.41. The van der Waals surface area contributed by atoms with Crippen LogP contribution in [0, 0.1) is 5.92 Å². The van der Waals surface area contributed by atoms with Gasteiger partial charge in [0.25, 0.3) is 0 Å². The number of halogens is 2. The summed E-state index contributed by atoms with van der Waals surface area (Å²) in [4.78, 5) is 0. The fourth-order valence-corrected chi connectivity index (χ4v) is 2.55. The first-order valence-corrected chi connectivity index (χ1v) is 8.08. The van der Waals surface area contributed by atoms with Gasteiger partial charge in [0.15, 0.2) is 5.11 Å². The minimum atomic E-state index is 0.340. The van der Waals surface area contributed by atoms with E-state index in [1.54, 1.807) is 6.07 Å². The highest BCUT2D eigenvalue weighted by molar-refractivity contribution is 7.80. The zero-order chi connectivity index (χ0) is 15.1. The molecule has 0 amide bonds. The van der Waals surface area contributed by atoms with E-state index in [0.29, 0.717) is 21.2 Å². The minimum absolute atomic E-state index is 0.340. The maximum atomic E-state index is 6.11. The molecule has 1 aromatic carbocycles. The van der Waals surface area contributed by atoms with Gasteiger partial charge in [-0.1, -0.05) is 56.0 Å². The average molecular weight is 333 g/mol. The summed E-state index contributed by atoms with van der Waals surface area (Å²) in [5.41, 5.74) is 0.728. The van der Waals surface area contributed by atoms with Crippen LogP contribution >= 0.6 is 35.4 Å². The van der Waals surface area contributed by atoms with Crippen molar-refractivity contribution in [2.75, 3.05) is 5.32 Å². The predicted molar refractivity (Wildman–Crippen MR) is 94.0 cm³/mol. The lowest BCUT2D eigenvalue weighted by Crippen LogP contribution is -2.35. The molecule has 112 valence electrons. The van der Waals surface area contributed by atoms with Crippen LogP contribution in [0.3, 0.4) is 0 Å². The summed E-state index contributed by atoms with van der Waals surface area (Å²) >= 11 is 17.4. The highest BCUT2D eigenvalue weighted by Gasteiger charge is 2.08. The summed E-state index contributed by atoms with van der Waals surface area (Å²) in [5.74, 6) is 0.748. The summed E-state index contributed by atoms with van der Waals surface area (Å²) < 4.78 is 0. The van der Waals surface area contributed by atoms with Gasteiger partial charge in [0.1, 0.15) is 0 Å². The number of nitrogens with one attached hydrogen (secondary N) is 2. The van der Waals surface area contributed by atoms with Crippen molar-refractivity contribution in [3.05, 3.63) is 28.2 Å². The van der Waals surface area contributed by atoms with Crippen molar-refractivity contribution >= 4 is 46.2 Å². The van der Waals surface area contributed by atoms with Crippen LogP contribution in [-0.4, -0.2) is 11.2 Å². The van der Waals surface area contributed by atoms with Gasteiger partial charge in [0.05, 0.1) is 15.7 Å². The van der Waals surface area contributed by atoms with Crippen molar-refractivity contribution in [3.63, 3.8) is 0 Å². The van der Waals surface area contributed by atoms with E-state index in [2.05, 4.69) is 31.4 Å². The number of hydrogen-bond donors (Lipinski definition) is 2. The summed E-state index contributed by atoms with van der Waals surface area (Å²) in [5, 5.41) is 7.94. The first-order chi connectivity index (χ1) is 9.40. The maximum absolute atomic E-state index is 6.11. The first kappa shape index (κ1) is 17.5. The second-order valence-electron chi connectivity index (χ2n) is 5.43. The topological polar surface area (TPSA) is 24.1 Å².